The van der Waals surface area contributed by atoms with E-state index in [1.54, 1.807) is 0 Å². The van der Waals surface area contributed by atoms with Crippen molar-refractivity contribution in [3.63, 3.8) is 0 Å². The molecule has 0 radical (unpaired) electrons. The number of fused-ring (bicyclic) bond motifs is 4. The van der Waals surface area contributed by atoms with Crippen LogP contribution >= 0.6 is 0 Å². The number of hydrogen-bond acceptors (Lipinski definition) is 2. The quantitative estimate of drug-likeness (QED) is 0.220. The molecule has 0 saturated heterocycles. The topological polar surface area (TPSA) is 18.5 Å². The Balaban J connectivity index is 1.46. The summed E-state index contributed by atoms with van der Waals surface area (Å²) in [6, 6.07) is 11.3. The van der Waals surface area contributed by atoms with E-state index in [0.29, 0.717) is 10.8 Å². The van der Waals surface area contributed by atoms with Gasteiger partial charge in [0.15, 0.2) is 8.32 Å². The fraction of sp³-hybridized carbons (Fsp3) is 0.758. The van der Waals surface area contributed by atoms with E-state index < -0.39 is 25.2 Å². The first-order valence-corrected chi connectivity index (χ1v) is 24.1. The lowest BCUT2D eigenvalue weighted by atomic mass is 9.46. The van der Waals surface area contributed by atoms with Crippen LogP contribution in [0.25, 0.3) is 0 Å². The lowest BCUT2D eigenvalue weighted by molar-refractivity contribution is -0.101. The van der Waals surface area contributed by atoms with Crippen molar-refractivity contribution in [2.45, 2.75) is 111 Å². The average molecular weight is 567 g/mol. The minimum absolute atomic E-state index is 0.496. The van der Waals surface area contributed by atoms with Crippen LogP contribution in [0, 0.1) is 58.7 Å². The van der Waals surface area contributed by atoms with Crippen molar-refractivity contribution in [3.8, 4) is 12.3 Å². The summed E-state index contributed by atoms with van der Waals surface area (Å²) in [7, 11) is -6.53. The number of hydrogen-bond donors (Lipinski definition) is 0. The standard InChI is InChI=1S/C33H54O2Si3/c1-11-24-12-18-29(19-13-24)37(9,22-25-14-16-27-20-30(25)32(27,2)3)35-38(10,34-36(6,7)8)23-26-15-17-28-21-31(26)33(28,4)5/h1,12-13,18-19,25-28,30-31H,14-17,20-23H2,2-10H3. The molecule has 4 bridgehead atoms. The van der Waals surface area contributed by atoms with Gasteiger partial charge in [-0.05, 0) is 141 Å². The van der Waals surface area contributed by atoms with Gasteiger partial charge in [-0.1, -0.05) is 52.2 Å². The van der Waals surface area contributed by atoms with E-state index in [9.17, 15) is 0 Å². The van der Waals surface area contributed by atoms with Crippen molar-refractivity contribution >= 4 is 30.4 Å². The fourth-order valence-corrected chi connectivity index (χ4v) is 24.8. The van der Waals surface area contributed by atoms with Gasteiger partial charge in [-0.15, -0.1) is 6.42 Å². The highest BCUT2D eigenvalue weighted by Gasteiger charge is 2.59. The summed E-state index contributed by atoms with van der Waals surface area (Å²) in [5.74, 6) is 7.91. The Hall–Kier alpha value is -0.649. The Labute approximate surface area is 237 Å². The predicted octanol–water partition coefficient (Wildman–Crippen LogP) is 8.53. The smallest absolute Gasteiger partial charge is 0.314 e. The van der Waals surface area contributed by atoms with Crippen molar-refractivity contribution in [1.82, 2.24) is 0 Å². The first-order chi connectivity index (χ1) is 17.6. The summed E-state index contributed by atoms with van der Waals surface area (Å²) < 4.78 is 15.0. The average Bonchev–Trinajstić information content (AvgIpc) is 2.82. The molecule has 8 atom stereocenters. The summed E-state index contributed by atoms with van der Waals surface area (Å²) in [6.07, 6.45) is 14.1. The summed E-state index contributed by atoms with van der Waals surface area (Å²) in [6.45, 7) is 22.2. The van der Waals surface area contributed by atoms with Crippen LogP contribution in [0.5, 0.6) is 0 Å². The molecule has 6 aliphatic carbocycles. The van der Waals surface area contributed by atoms with Crippen LogP contribution in [0.3, 0.4) is 0 Å². The molecule has 6 aliphatic rings. The zero-order valence-corrected chi connectivity index (χ0v) is 28.8. The van der Waals surface area contributed by atoms with Crippen LogP contribution in [0.4, 0.5) is 0 Å². The molecule has 6 saturated carbocycles. The molecule has 2 nitrogen and oxygen atoms in total. The second-order valence-electron chi connectivity index (χ2n) is 16.2. The number of terminal acetylenes is 1. The van der Waals surface area contributed by atoms with Gasteiger partial charge >= 0.3 is 8.56 Å². The lowest BCUT2D eigenvalue weighted by Gasteiger charge is -2.62. The molecule has 210 valence electrons. The van der Waals surface area contributed by atoms with Crippen LogP contribution in [-0.2, 0) is 8.23 Å². The van der Waals surface area contributed by atoms with E-state index in [1.165, 1.54) is 55.8 Å². The van der Waals surface area contributed by atoms with E-state index in [2.05, 4.69) is 90.6 Å². The maximum absolute atomic E-state index is 7.77. The first kappa shape index (κ1) is 28.9. The third kappa shape index (κ3) is 5.22. The van der Waals surface area contributed by atoms with E-state index in [0.717, 1.165) is 41.1 Å². The van der Waals surface area contributed by atoms with Crippen molar-refractivity contribution in [2.75, 3.05) is 0 Å². The Morgan fingerprint density at radius 3 is 1.68 bits per heavy atom. The molecule has 8 unspecified atom stereocenters. The van der Waals surface area contributed by atoms with E-state index in [4.69, 9.17) is 14.7 Å². The van der Waals surface area contributed by atoms with Crippen LogP contribution < -0.4 is 5.19 Å². The molecule has 38 heavy (non-hydrogen) atoms. The molecule has 1 aromatic rings. The molecule has 7 rings (SSSR count). The zero-order valence-electron chi connectivity index (χ0n) is 25.8. The summed E-state index contributed by atoms with van der Waals surface area (Å²) in [5, 5.41) is 1.42. The van der Waals surface area contributed by atoms with Gasteiger partial charge in [-0.2, -0.15) is 0 Å². The third-order valence-electron chi connectivity index (χ3n) is 11.9. The van der Waals surface area contributed by atoms with Gasteiger partial charge in [0.05, 0.1) is 0 Å². The molecule has 1 aromatic carbocycles. The summed E-state index contributed by atoms with van der Waals surface area (Å²) in [4.78, 5) is 0. The van der Waals surface area contributed by atoms with E-state index in [-0.39, 0.29) is 0 Å². The molecular weight excluding hydrogens is 513 g/mol. The van der Waals surface area contributed by atoms with Gasteiger partial charge in [0.25, 0.3) is 0 Å². The molecule has 5 heteroatoms. The van der Waals surface area contributed by atoms with Crippen molar-refractivity contribution in [3.05, 3.63) is 29.8 Å². The van der Waals surface area contributed by atoms with Crippen molar-refractivity contribution < 1.29 is 8.23 Å². The lowest BCUT2D eigenvalue weighted by Crippen LogP contribution is -2.63. The Morgan fingerprint density at radius 2 is 1.26 bits per heavy atom. The van der Waals surface area contributed by atoms with Gasteiger partial charge in [0.2, 0.25) is 8.32 Å². The van der Waals surface area contributed by atoms with Gasteiger partial charge in [0.1, 0.15) is 0 Å². The minimum atomic E-state index is -2.44. The Kier molecular flexibility index (Phi) is 7.39. The SMILES string of the molecule is C#Cc1ccc([Si](C)(CC2CCC3CC2C3(C)C)O[Si](C)(CC2CCC3CC2C3(C)C)O[Si](C)(C)C)cc1. The molecule has 0 spiro atoms. The maximum Gasteiger partial charge on any atom is 0.314 e. The van der Waals surface area contributed by atoms with Gasteiger partial charge in [-0.25, -0.2) is 0 Å². The van der Waals surface area contributed by atoms with Crippen LogP contribution in [0.15, 0.2) is 24.3 Å². The summed E-state index contributed by atoms with van der Waals surface area (Å²) in [5.41, 5.74) is 1.96. The first-order valence-electron chi connectivity index (χ1n) is 15.5. The third-order valence-corrected chi connectivity index (χ3v) is 23.7. The monoisotopic (exact) mass is 566 g/mol. The fourth-order valence-electron chi connectivity index (χ4n) is 9.76. The number of rotatable bonds is 9. The Bertz CT molecular complexity index is 1060. The van der Waals surface area contributed by atoms with Gasteiger partial charge in [0, 0.05) is 5.56 Å². The second kappa shape index (κ2) is 9.72. The van der Waals surface area contributed by atoms with Crippen molar-refractivity contribution in [1.29, 1.82) is 0 Å². The van der Waals surface area contributed by atoms with Crippen molar-refractivity contribution in [2.24, 2.45) is 46.3 Å². The molecule has 0 heterocycles. The number of benzene rings is 1. The molecule has 0 N–H and O–H groups in total. The van der Waals surface area contributed by atoms with Crippen LogP contribution in [0.1, 0.15) is 71.8 Å². The summed E-state index contributed by atoms with van der Waals surface area (Å²) >= 11 is 0. The molecule has 0 aromatic heterocycles. The maximum atomic E-state index is 7.77. The zero-order chi connectivity index (χ0) is 27.7. The van der Waals surface area contributed by atoms with Gasteiger partial charge < -0.3 is 8.23 Å². The Morgan fingerprint density at radius 1 is 0.763 bits per heavy atom. The van der Waals surface area contributed by atoms with Gasteiger partial charge in [-0.3, -0.25) is 0 Å². The molecule has 0 aliphatic heterocycles. The van der Waals surface area contributed by atoms with E-state index >= 15 is 0 Å². The molecular formula is C33H54O2Si3. The normalized spacial score (nSPS) is 36.1. The second-order valence-corrected chi connectivity index (χ2v) is 28.2. The molecule has 0 amide bonds. The van der Waals surface area contributed by atoms with Crippen LogP contribution in [0.2, 0.25) is 44.8 Å². The highest BCUT2D eigenvalue weighted by Crippen LogP contribution is 2.64. The highest BCUT2D eigenvalue weighted by molar-refractivity contribution is 6.94. The minimum Gasteiger partial charge on any atom is -0.437 e. The van der Waals surface area contributed by atoms with Crippen LogP contribution in [-0.4, -0.2) is 25.2 Å². The van der Waals surface area contributed by atoms with E-state index in [1.807, 2.05) is 0 Å². The highest BCUT2D eigenvalue weighted by atomic mass is 28.5. The molecule has 6 fully saturated rings. The predicted molar refractivity (Wildman–Crippen MR) is 169 cm³/mol. The largest absolute Gasteiger partial charge is 0.437 e.